The van der Waals surface area contributed by atoms with Crippen LogP contribution < -0.4 is 5.32 Å². The zero-order valence-corrected chi connectivity index (χ0v) is 21.8. The first-order valence-corrected chi connectivity index (χ1v) is 14.0. The van der Waals surface area contributed by atoms with Gasteiger partial charge in [-0.05, 0) is 19.3 Å². The van der Waals surface area contributed by atoms with Crippen LogP contribution in [0.25, 0.3) is 0 Å². The predicted molar refractivity (Wildman–Crippen MR) is 139 cm³/mol. The number of hydrogen-bond acceptors (Lipinski definition) is 4. The number of hydrogen-bond donors (Lipinski definition) is 4. The molecule has 0 heterocycles. The van der Waals surface area contributed by atoms with Crippen molar-refractivity contribution >= 4 is 5.91 Å². The van der Waals surface area contributed by atoms with Crippen LogP contribution in [-0.2, 0) is 4.79 Å². The Morgan fingerprint density at radius 2 is 1.24 bits per heavy atom. The molecular weight excluding hydrogens is 414 g/mol. The second-order valence-electron chi connectivity index (χ2n) is 9.66. The average molecular weight is 470 g/mol. The zero-order valence-electron chi connectivity index (χ0n) is 21.8. The second-order valence-corrected chi connectivity index (χ2v) is 9.66. The van der Waals surface area contributed by atoms with Crippen LogP contribution in [0.15, 0.2) is 12.2 Å². The first kappa shape index (κ1) is 32.1. The predicted octanol–water partition coefficient (Wildman–Crippen LogP) is 6.19. The van der Waals surface area contributed by atoms with E-state index in [1.807, 2.05) is 6.08 Å². The molecule has 1 amide bonds. The summed E-state index contributed by atoms with van der Waals surface area (Å²) in [5, 5.41) is 32.6. The maximum absolute atomic E-state index is 12.2. The van der Waals surface area contributed by atoms with E-state index in [-0.39, 0.29) is 18.9 Å². The van der Waals surface area contributed by atoms with Crippen LogP contribution in [0.2, 0.25) is 0 Å². The molecule has 0 aromatic heterocycles. The highest BCUT2D eigenvalue weighted by molar-refractivity contribution is 5.76. The van der Waals surface area contributed by atoms with Gasteiger partial charge < -0.3 is 20.6 Å². The molecule has 5 heteroatoms. The molecule has 0 fully saturated rings. The minimum atomic E-state index is -0.919. The summed E-state index contributed by atoms with van der Waals surface area (Å²) < 4.78 is 0. The molecule has 0 spiro atoms. The Hall–Kier alpha value is -0.910. The molecule has 0 aliphatic heterocycles. The number of unbranched alkanes of at least 4 members (excludes halogenated alkanes) is 15. The summed E-state index contributed by atoms with van der Waals surface area (Å²) in [5.74, 6) is -0.322. The van der Waals surface area contributed by atoms with Crippen LogP contribution in [0.3, 0.4) is 0 Å². The summed E-state index contributed by atoms with van der Waals surface area (Å²) in [6.07, 6.45) is 23.3. The van der Waals surface area contributed by atoms with Crippen LogP contribution in [0, 0.1) is 0 Å². The number of amides is 1. The molecule has 3 atom stereocenters. The standard InChI is InChI=1S/C28H55NO4/c1-3-5-7-9-11-13-15-17-19-21-25(31)23-28(33)29-26(24-30)27(32)22-20-18-16-14-12-10-8-6-4-2/h20,22,25-27,30-32H,3-19,21,23-24H2,1-2H3,(H,29,33)/b22-20+. The summed E-state index contributed by atoms with van der Waals surface area (Å²) in [6, 6.07) is -0.734. The van der Waals surface area contributed by atoms with Gasteiger partial charge in [0.15, 0.2) is 0 Å². The zero-order chi connectivity index (χ0) is 24.6. The fourth-order valence-corrected chi connectivity index (χ4v) is 4.10. The number of carbonyl (C=O) groups excluding carboxylic acids is 1. The van der Waals surface area contributed by atoms with Crippen LogP contribution in [0.5, 0.6) is 0 Å². The fraction of sp³-hybridized carbons (Fsp3) is 0.893. The van der Waals surface area contributed by atoms with Crippen molar-refractivity contribution in [2.45, 2.75) is 154 Å². The second kappa shape index (κ2) is 24.2. The van der Waals surface area contributed by atoms with Gasteiger partial charge in [0.2, 0.25) is 5.91 Å². The Morgan fingerprint density at radius 1 is 0.758 bits per heavy atom. The quantitative estimate of drug-likeness (QED) is 0.100. The third kappa shape index (κ3) is 21.4. The molecule has 3 unspecified atom stereocenters. The van der Waals surface area contributed by atoms with Crippen molar-refractivity contribution in [3.63, 3.8) is 0 Å². The minimum absolute atomic E-state index is 0.0159. The highest BCUT2D eigenvalue weighted by atomic mass is 16.3. The van der Waals surface area contributed by atoms with E-state index < -0.39 is 18.2 Å². The van der Waals surface area contributed by atoms with E-state index in [0.29, 0.717) is 6.42 Å². The average Bonchev–Trinajstić information content (AvgIpc) is 2.80. The van der Waals surface area contributed by atoms with Gasteiger partial charge >= 0.3 is 0 Å². The normalized spacial score (nSPS) is 14.5. The molecule has 4 N–H and O–H groups in total. The van der Waals surface area contributed by atoms with Gasteiger partial charge in [-0.3, -0.25) is 4.79 Å². The molecule has 0 aliphatic carbocycles. The SMILES string of the molecule is CCCCCCCCC/C=C/C(O)C(CO)NC(=O)CC(O)CCCCCCCCCCC. The summed E-state index contributed by atoms with van der Waals surface area (Å²) in [4.78, 5) is 12.2. The van der Waals surface area contributed by atoms with Crippen molar-refractivity contribution in [2.24, 2.45) is 0 Å². The maximum atomic E-state index is 12.2. The Kier molecular flexibility index (Phi) is 23.6. The molecule has 0 aromatic carbocycles. The third-order valence-corrected chi connectivity index (χ3v) is 6.32. The lowest BCUT2D eigenvalue weighted by Gasteiger charge is -2.21. The van der Waals surface area contributed by atoms with Gasteiger partial charge in [-0.2, -0.15) is 0 Å². The van der Waals surface area contributed by atoms with Crippen molar-refractivity contribution < 1.29 is 20.1 Å². The first-order chi connectivity index (χ1) is 16.0. The number of aliphatic hydroxyl groups excluding tert-OH is 3. The molecule has 0 rings (SSSR count). The summed E-state index contributed by atoms with van der Waals surface area (Å²) >= 11 is 0. The maximum Gasteiger partial charge on any atom is 0.222 e. The number of aliphatic hydroxyl groups is 3. The van der Waals surface area contributed by atoms with E-state index in [0.717, 1.165) is 25.7 Å². The fourth-order valence-electron chi connectivity index (χ4n) is 4.10. The van der Waals surface area contributed by atoms with Gasteiger partial charge in [0.1, 0.15) is 0 Å². The molecular formula is C28H55NO4. The topological polar surface area (TPSA) is 89.8 Å². The Labute approximate surface area is 204 Å². The van der Waals surface area contributed by atoms with Gasteiger partial charge in [-0.1, -0.05) is 122 Å². The van der Waals surface area contributed by atoms with E-state index >= 15 is 0 Å². The Balaban J connectivity index is 3.87. The van der Waals surface area contributed by atoms with Crippen molar-refractivity contribution in [3.8, 4) is 0 Å². The van der Waals surface area contributed by atoms with Gasteiger partial charge in [0, 0.05) is 0 Å². The number of carbonyl (C=O) groups is 1. The minimum Gasteiger partial charge on any atom is -0.394 e. The van der Waals surface area contributed by atoms with Crippen LogP contribution in [0.1, 0.15) is 136 Å². The summed E-state index contributed by atoms with van der Waals surface area (Å²) in [7, 11) is 0. The highest BCUT2D eigenvalue weighted by Gasteiger charge is 2.20. The van der Waals surface area contributed by atoms with Crippen molar-refractivity contribution in [2.75, 3.05) is 6.61 Å². The lowest BCUT2D eigenvalue weighted by molar-refractivity contribution is -0.124. The van der Waals surface area contributed by atoms with E-state index in [1.165, 1.54) is 83.5 Å². The van der Waals surface area contributed by atoms with Crippen molar-refractivity contribution in [3.05, 3.63) is 12.2 Å². The molecule has 0 aromatic rings. The molecule has 0 bridgehead atoms. The number of allylic oxidation sites excluding steroid dienone is 1. The van der Waals surface area contributed by atoms with Gasteiger partial charge in [-0.25, -0.2) is 0 Å². The first-order valence-electron chi connectivity index (χ1n) is 14.0. The monoisotopic (exact) mass is 469 g/mol. The van der Waals surface area contributed by atoms with E-state index in [4.69, 9.17) is 0 Å². The Bertz CT molecular complexity index is 455. The molecule has 0 saturated heterocycles. The van der Waals surface area contributed by atoms with E-state index in [9.17, 15) is 20.1 Å². The van der Waals surface area contributed by atoms with Crippen LogP contribution >= 0.6 is 0 Å². The molecule has 196 valence electrons. The van der Waals surface area contributed by atoms with Crippen molar-refractivity contribution in [1.82, 2.24) is 5.32 Å². The van der Waals surface area contributed by atoms with E-state index in [1.54, 1.807) is 6.08 Å². The molecule has 33 heavy (non-hydrogen) atoms. The van der Waals surface area contributed by atoms with Gasteiger partial charge in [-0.15, -0.1) is 0 Å². The van der Waals surface area contributed by atoms with Crippen LogP contribution in [0.4, 0.5) is 0 Å². The lowest BCUT2D eigenvalue weighted by atomic mass is 10.0. The molecule has 0 saturated carbocycles. The van der Waals surface area contributed by atoms with Gasteiger partial charge in [0.05, 0.1) is 31.3 Å². The smallest absolute Gasteiger partial charge is 0.222 e. The molecule has 5 nitrogen and oxygen atoms in total. The molecule has 0 aliphatic rings. The third-order valence-electron chi connectivity index (χ3n) is 6.32. The van der Waals surface area contributed by atoms with Crippen LogP contribution in [-0.4, -0.2) is 46.1 Å². The van der Waals surface area contributed by atoms with E-state index in [2.05, 4.69) is 19.2 Å². The number of rotatable bonds is 24. The lowest BCUT2D eigenvalue weighted by Crippen LogP contribution is -2.45. The largest absolute Gasteiger partial charge is 0.394 e. The van der Waals surface area contributed by atoms with Gasteiger partial charge in [0.25, 0.3) is 0 Å². The Morgan fingerprint density at radius 3 is 1.76 bits per heavy atom. The molecule has 0 radical (unpaired) electrons. The van der Waals surface area contributed by atoms with Crippen molar-refractivity contribution in [1.29, 1.82) is 0 Å². The highest BCUT2D eigenvalue weighted by Crippen LogP contribution is 2.13. The summed E-state index contributed by atoms with van der Waals surface area (Å²) in [6.45, 7) is 4.12. The number of nitrogens with one attached hydrogen (secondary N) is 1. The summed E-state index contributed by atoms with van der Waals surface area (Å²) in [5.41, 5.74) is 0.